The molecule has 0 saturated carbocycles. The number of non-ortho nitro benzene ring substituents is 1. The van der Waals surface area contributed by atoms with E-state index in [1.54, 1.807) is 16.8 Å². The van der Waals surface area contributed by atoms with Gasteiger partial charge in [0.05, 0.1) is 23.4 Å². The van der Waals surface area contributed by atoms with E-state index in [2.05, 4.69) is 22.6 Å². The van der Waals surface area contributed by atoms with Crippen molar-refractivity contribution in [3.8, 4) is 0 Å². The van der Waals surface area contributed by atoms with Crippen LogP contribution in [0, 0.1) is 10.1 Å². The molecule has 106 valence electrons. The fraction of sp³-hybridized carbons (Fsp3) is 0.385. The molecule has 7 nitrogen and oxygen atoms in total. The van der Waals surface area contributed by atoms with E-state index in [1.807, 2.05) is 12.3 Å². The Hall–Kier alpha value is -2.28. The van der Waals surface area contributed by atoms with Crippen LogP contribution in [-0.2, 0) is 13.1 Å². The van der Waals surface area contributed by atoms with Gasteiger partial charge in [-0.15, -0.1) is 5.10 Å². The molecule has 0 aliphatic heterocycles. The maximum Gasteiger partial charge on any atom is 0.269 e. The summed E-state index contributed by atoms with van der Waals surface area (Å²) in [4.78, 5) is 10.3. The minimum Gasteiger partial charge on any atom is -0.311 e. The van der Waals surface area contributed by atoms with Gasteiger partial charge in [-0.25, -0.2) is 4.68 Å². The maximum atomic E-state index is 10.7. The second-order valence-electron chi connectivity index (χ2n) is 4.51. The molecule has 0 radical (unpaired) electrons. The van der Waals surface area contributed by atoms with E-state index in [9.17, 15) is 10.1 Å². The molecule has 1 N–H and O–H groups in total. The summed E-state index contributed by atoms with van der Waals surface area (Å²) in [6, 6.07) is 6.54. The molecule has 0 bridgehead atoms. The van der Waals surface area contributed by atoms with Gasteiger partial charge in [-0.2, -0.15) is 0 Å². The highest BCUT2D eigenvalue weighted by Crippen LogP contribution is 2.13. The van der Waals surface area contributed by atoms with Crippen LogP contribution in [0.2, 0.25) is 0 Å². The first-order valence-corrected chi connectivity index (χ1v) is 6.52. The molecule has 0 saturated heterocycles. The topological polar surface area (TPSA) is 85.9 Å². The first kappa shape index (κ1) is 14.1. The number of nitro benzene ring substituents is 1. The highest BCUT2D eigenvalue weighted by Gasteiger charge is 2.07. The van der Waals surface area contributed by atoms with Crippen molar-refractivity contribution in [1.29, 1.82) is 0 Å². The number of nitrogens with one attached hydrogen (secondary N) is 1. The fourth-order valence-corrected chi connectivity index (χ4v) is 1.85. The molecule has 0 aliphatic rings. The van der Waals surface area contributed by atoms with Crippen LogP contribution in [0.4, 0.5) is 5.69 Å². The third-order valence-electron chi connectivity index (χ3n) is 2.78. The lowest BCUT2D eigenvalue weighted by Gasteiger charge is -2.01. The second kappa shape index (κ2) is 6.76. The number of rotatable bonds is 7. The zero-order valence-electron chi connectivity index (χ0n) is 11.3. The van der Waals surface area contributed by atoms with Gasteiger partial charge < -0.3 is 5.32 Å². The molecule has 2 rings (SSSR count). The zero-order valence-corrected chi connectivity index (χ0v) is 11.3. The van der Waals surface area contributed by atoms with Crippen LogP contribution in [-0.4, -0.2) is 26.5 Å². The summed E-state index contributed by atoms with van der Waals surface area (Å²) in [7, 11) is 0. The van der Waals surface area contributed by atoms with Crippen LogP contribution >= 0.6 is 0 Å². The van der Waals surface area contributed by atoms with Crippen molar-refractivity contribution in [2.75, 3.05) is 6.54 Å². The molecule has 7 heteroatoms. The number of hydrogen-bond donors (Lipinski definition) is 1. The standard InChI is InChI=1S/C13H17N5O2/c1-2-6-14-8-12-10-17(16-15-12)9-11-4-3-5-13(7-11)18(19)20/h3-5,7,10,14H,2,6,8-9H2,1H3. The van der Waals surface area contributed by atoms with Gasteiger partial charge in [0.15, 0.2) is 0 Å². The molecule has 0 amide bonds. The molecule has 0 aliphatic carbocycles. The Morgan fingerprint density at radius 3 is 3.05 bits per heavy atom. The first-order valence-electron chi connectivity index (χ1n) is 6.52. The average Bonchev–Trinajstić information content (AvgIpc) is 2.87. The van der Waals surface area contributed by atoms with Gasteiger partial charge in [-0.3, -0.25) is 10.1 Å². The van der Waals surface area contributed by atoms with Crippen molar-refractivity contribution < 1.29 is 4.92 Å². The molecular weight excluding hydrogens is 258 g/mol. The Morgan fingerprint density at radius 1 is 1.45 bits per heavy atom. The SMILES string of the molecule is CCCNCc1cn(Cc2cccc([N+](=O)[O-])c2)nn1. The van der Waals surface area contributed by atoms with Crippen molar-refractivity contribution in [1.82, 2.24) is 20.3 Å². The van der Waals surface area contributed by atoms with Crippen molar-refractivity contribution in [3.63, 3.8) is 0 Å². The Morgan fingerprint density at radius 2 is 2.30 bits per heavy atom. The summed E-state index contributed by atoms with van der Waals surface area (Å²) >= 11 is 0. The van der Waals surface area contributed by atoms with Crippen LogP contribution < -0.4 is 5.32 Å². The normalized spacial score (nSPS) is 10.7. The van der Waals surface area contributed by atoms with E-state index in [0.29, 0.717) is 13.1 Å². The van der Waals surface area contributed by atoms with Gasteiger partial charge in [0.1, 0.15) is 0 Å². The van der Waals surface area contributed by atoms with E-state index in [-0.39, 0.29) is 5.69 Å². The van der Waals surface area contributed by atoms with E-state index >= 15 is 0 Å². The third-order valence-corrected chi connectivity index (χ3v) is 2.78. The highest BCUT2D eigenvalue weighted by molar-refractivity contribution is 5.34. The highest BCUT2D eigenvalue weighted by atomic mass is 16.6. The summed E-state index contributed by atoms with van der Waals surface area (Å²) in [6.07, 6.45) is 2.92. The molecule has 0 fully saturated rings. The summed E-state index contributed by atoms with van der Waals surface area (Å²) in [6.45, 7) is 4.20. The first-order chi connectivity index (χ1) is 9.69. The smallest absolute Gasteiger partial charge is 0.269 e. The molecule has 1 aromatic carbocycles. The van der Waals surface area contributed by atoms with Crippen LogP contribution in [0.15, 0.2) is 30.5 Å². The quantitative estimate of drug-likeness (QED) is 0.472. The monoisotopic (exact) mass is 275 g/mol. The fourth-order valence-electron chi connectivity index (χ4n) is 1.85. The number of benzene rings is 1. The van der Waals surface area contributed by atoms with Crippen LogP contribution in [0.25, 0.3) is 0 Å². The molecule has 0 atom stereocenters. The predicted octanol–water partition coefficient (Wildman–Crippen LogP) is 1.73. The van der Waals surface area contributed by atoms with Crippen molar-refractivity contribution in [2.24, 2.45) is 0 Å². The zero-order chi connectivity index (χ0) is 14.4. The predicted molar refractivity (Wildman–Crippen MR) is 74.2 cm³/mol. The average molecular weight is 275 g/mol. The molecular formula is C13H17N5O2. The van der Waals surface area contributed by atoms with Gasteiger partial charge in [0.2, 0.25) is 0 Å². The summed E-state index contributed by atoms with van der Waals surface area (Å²) in [5.74, 6) is 0. The lowest BCUT2D eigenvalue weighted by Crippen LogP contribution is -2.13. The Bertz CT molecular complexity index is 582. The second-order valence-corrected chi connectivity index (χ2v) is 4.51. The summed E-state index contributed by atoms with van der Waals surface area (Å²) in [5.41, 5.74) is 1.79. The van der Waals surface area contributed by atoms with Crippen LogP contribution in [0.3, 0.4) is 0 Å². The summed E-state index contributed by atoms with van der Waals surface area (Å²) in [5, 5.41) is 22.0. The third kappa shape index (κ3) is 3.86. The summed E-state index contributed by atoms with van der Waals surface area (Å²) < 4.78 is 1.68. The lowest BCUT2D eigenvalue weighted by atomic mass is 10.2. The number of aromatic nitrogens is 3. The van der Waals surface area contributed by atoms with E-state index in [0.717, 1.165) is 24.2 Å². The molecule has 1 aromatic heterocycles. The van der Waals surface area contributed by atoms with Gasteiger partial charge in [0, 0.05) is 18.7 Å². The lowest BCUT2D eigenvalue weighted by molar-refractivity contribution is -0.384. The molecule has 1 heterocycles. The van der Waals surface area contributed by atoms with Gasteiger partial charge in [-0.05, 0) is 18.5 Å². The van der Waals surface area contributed by atoms with Gasteiger partial charge in [-0.1, -0.05) is 24.3 Å². The Kier molecular flexibility index (Phi) is 4.78. The van der Waals surface area contributed by atoms with Gasteiger partial charge in [0.25, 0.3) is 5.69 Å². The van der Waals surface area contributed by atoms with E-state index < -0.39 is 4.92 Å². The molecule has 2 aromatic rings. The molecule has 20 heavy (non-hydrogen) atoms. The largest absolute Gasteiger partial charge is 0.311 e. The van der Waals surface area contributed by atoms with Crippen LogP contribution in [0.1, 0.15) is 24.6 Å². The molecule has 0 spiro atoms. The Balaban J connectivity index is 1.99. The maximum absolute atomic E-state index is 10.7. The number of hydrogen-bond acceptors (Lipinski definition) is 5. The number of nitro groups is 1. The van der Waals surface area contributed by atoms with Crippen molar-refractivity contribution in [2.45, 2.75) is 26.4 Å². The molecule has 0 unspecified atom stereocenters. The van der Waals surface area contributed by atoms with E-state index in [1.165, 1.54) is 6.07 Å². The number of nitrogens with zero attached hydrogens (tertiary/aromatic N) is 4. The van der Waals surface area contributed by atoms with Gasteiger partial charge >= 0.3 is 0 Å². The van der Waals surface area contributed by atoms with Crippen molar-refractivity contribution >= 4 is 5.69 Å². The Labute approximate surface area is 116 Å². The van der Waals surface area contributed by atoms with Crippen LogP contribution in [0.5, 0.6) is 0 Å². The van der Waals surface area contributed by atoms with E-state index in [4.69, 9.17) is 0 Å². The minimum atomic E-state index is -0.398. The van der Waals surface area contributed by atoms with Crippen molar-refractivity contribution in [3.05, 3.63) is 51.8 Å². The minimum absolute atomic E-state index is 0.0902.